The number of rotatable bonds is 6. The zero-order chi connectivity index (χ0) is 18.4. The molecule has 6 nitrogen and oxygen atoms in total. The minimum atomic E-state index is -0.765. The van der Waals surface area contributed by atoms with E-state index >= 15 is 0 Å². The van der Waals surface area contributed by atoms with Gasteiger partial charge in [-0.2, -0.15) is 0 Å². The number of nitrogens with one attached hydrogen (secondary N) is 2. The van der Waals surface area contributed by atoms with Crippen LogP contribution in [-0.2, 0) is 16.1 Å². The maximum atomic E-state index is 13.2. The summed E-state index contributed by atoms with van der Waals surface area (Å²) < 4.78 is 24.2. The van der Waals surface area contributed by atoms with Gasteiger partial charge in [-0.15, -0.1) is 24.8 Å². The van der Waals surface area contributed by atoms with Crippen molar-refractivity contribution in [1.82, 2.24) is 15.6 Å². The molecular formula is C19H24Cl2FN3O3. The molecule has 2 aromatic rings. The lowest BCUT2D eigenvalue weighted by Gasteiger charge is -2.34. The summed E-state index contributed by atoms with van der Waals surface area (Å²) >= 11 is 0. The smallest absolute Gasteiger partial charge is 0.252 e. The van der Waals surface area contributed by atoms with Crippen molar-refractivity contribution in [3.05, 3.63) is 54.0 Å². The molecule has 0 radical (unpaired) electrons. The van der Waals surface area contributed by atoms with Crippen LogP contribution in [0.2, 0.25) is 0 Å². The number of hydrogen-bond acceptors (Lipinski definition) is 5. The number of methoxy groups -OCH3 is 1. The lowest BCUT2D eigenvalue weighted by molar-refractivity contribution is -0.146. The van der Waals surface area contributed by atoms with Crippen molar-refractivity contribution in [3.63, 3.8) is 0 Å². The van der Waals surface area contributed by atoms with Crippen molar-refractivity contribution in [2.75, 3.05) is 20.2 Å². The summed E-state index contributed by atoms with van der Waals surface area (Å²) in [5, 5.41) is 6.14. The highest BCUT2D eigenvalue weighted by Crippen LogP contribution is 2.23. The van der Waals surface area contributed by atoms with Crippen LogP contribution < -0.4 is 15.4 Å². The van der Waals surface area contributed by atoms with Crippen LogP contribution >= 0.6 is 24.8 Å². The summed E-state index contributed by atoms with van der Waals surface area (Å²) in [5.74, 6) is 0.261. The molecule has 2 N–H and O–H groups in total. The second kappa shape index (κ2) is 11.2. The summed E-state index contributed by atoms with van der Waals surface area (Å²) in [6.45, 7) is 1.87. The second-order valence-electron chi connectivity index (χ2n) is 6.20. The number of aromatic nitrogens is 1. The van der Waals surface area contributed by atoms with Gasteiger partial charge < -0.3 is 20.1 Å². The largest absolute Gasteiger partial charge is 0.439 e. The fourth-order valence-electron chi connectivity index (χ4n) is 2.93. The van der Waals surface area contributed by atoms with Gasteiger partial charge in [-0.3, -0.25) is 4.79 Å². The van der Waals surface area contributed by atoms with E-state index in [-0.39, 0.29) is 36.5 Å². The Bertz CT molecular complexity index is 756. The van der Waals surface area contributed by atoms with Crippen LogP contribution in [0.25, 0.3) is 0 Å². The molecule has 3 rings (SSSR count). The van der Waals surface area contributed by atoms with Gasteiger partial charge in [0.05, 0.1) is 0 Å². The molecule has 0 saturated carbocycles. The number of piperidine rings is 1. The molecule has 9 heteroatoms. The van der Waals surface area contributed by atoms with Gasteiger partial charge in [0.2, 0.25) is 5.88 Å². The molecule has 2 heterocycles. The Morgan fingerprint density at radius 3 is 2.61 bits per heavy atom. The van der Waals surface area contributed by atoms with E-state index in [1.807, 2.05) is 6.07 Å². The zero-order valence-corrected chi connectivity index (χ0v) is 17.1. The van der Waals surface area contributed by atoms with E-state index in [1.165, 1.54) is 12.1 Å². The summed E-state index contributed by atoms with van der Waals surface area (Å²) in [7, 11) is 1.57. The van der Waals surface area contributed by atoms with Crippen molar-refractivity contribution in [2.24, 2.45) is 0 Å². The Hall–Kier alpha value is -1.93. The molecule has 0 unspecified atom stereocenters. The van der Waals surface area contributed by atoms with Gasteiger partial charge in [0.1, 0.15) is 17.2 Å². The van der Waals surface area contributed by atoms with E-state index in [4.69, 9.17) is 9.47 Å². The third kappa shape index (κ3) is 6.04. The zero-order valence-electron chi connectivity index (χ0n) is 15.4. The predicted molar refractivity (Wildman–Crippen MR) is 109 cm³/mol. The van der Waals surface area contributed by atoms with Gasteiger partial charge in [0, 0.05) is 32.0 Å². The quantitative estimate of drug-likeness (QED) is 0.734. The average Bonchev–Trinajstić information content (AvgIpc) is 2.68. The fraction of sp³-hybridized carbons (Fsp3) is 0.368. The molecule has 0 spiro atoms. The van der Waals surface area contributed by atoms with E-state index < -0.39 is 5.60 Å². The number of amides is 1. The van der Waals surface area contributed by atoms with Crippen LogP contribution in [0.4, 0.5) is 4.39 Å². The van der Waals surface area contributed by atoms with E-state index in [2.05, 4.69) is 15.6 Å². The first-order valence-corrected chi connectivity index (χ1v) is 8.54. The number of nitrogens with zero attached hydrogens (tertiary/aromatic N) is 1. The highest BCUT2D eigenvalue weighted by atomic mass is 35.5. The lowest BCUT2D eigenvalue weighted by atomic mass is 9.91. The van der Waals surface area contributed by atoms with Crippen molar-refractivity contribution in [2.45, 2.75) is 25.0 Å². The van der Waals surface area contributed by atoms with Gasteiger partial charge in [-0.25, -0.2) is 9.37 Å². The summed E-state index contributed by atoms with van der Waals surface area (Å²) in [5.41, 5.74) is 0.0733. The Morgan fingerprint density at radius 2 is 2.00 bits per heavy atom. The van der Waals surface area contributed by atoms with E-state index in [0.29, 0.717) is 31.0 Å². The van der Waals surface area contributed by atoms with Crippen LogP contribution in [0.3, 0.4) is 0 Å². The third-order valence-corrected chi connectivity index (χ3v) is 4.48. The van der Waals surface area contributed by atoms with Crippen LogP contribution in [0, 0.1) is 5.82 Å². The molecule has 0 bridgehead atoms. The first kappa shape index (κ1) is 24.1. The summed E-state index contributed by atoms with van der Waals surface area (Å²) in [6, 6.07) is 9.36. The Kier molecular flexibility index (Phi) is 9.61. The SMILES string of the molecule is COC1(C(=O)NCc2ccc(Oc3cccc(F)c3)nc2)CCNCC1.Cl.Cl. The molecule has 1 aliphatic heterocycles. The van der Waals surface area contributed by atoms with Gasteiger partial charge in [0.15, 0.2) is 0 Å². The summed E-state index contributed by atoms with van der Waals surface area (Å²) in [4.78, 5) is 16.7. The molecule has 0 aliphatic carbocycles. The van der Waals surface area contributed by atoms with Gasteiger partial charge >= 0.3 is 0 Å². The first-order valence-electron chi connectivity index (χ1n) is 8.54. The number of benzene rings is 1. The number of carbonyl (C=O) groups is 1. The Labute approximate surface area is 176 Å². The number of halogens is 3. The molecular weight excluding hydrogens is 408 g/mol. The Balaban J connectivity index is 0.00000196. The molecule has 1 aromatic heterocycles. The topological polar surface area (TPSA) is 72.5 Å². The van der Waals surface area contributed by atoms with Gasteiger partial charge in [0.25, 0.3) is 5.91 Å². The monoisotopic (exact) mass is 431 g/mol. The average molecular weight is 432 g/mol. The van der Waals surface area contributed by atoms with Crippen LogP contribution in [-0.4, -0.2) is 36.7 Å². The number of hydrogen-bond donors (Lipinski definition) is 2. The van der Waals surface area contributed by atoms with Crippen molar-refractivity contribution < 1.29 is 18.7 Å². The molecule has 1 amide bonds. The van der Waals surface area contributed by atoms with Crippen LogP contribution in [0.1, 0.15) is 18.4 Å². The fourth-order valence-corrected chi connectivity index (χ4v) is 2.93. The van der Waals surface area contributed by atoms with Crippen molar-refractivity contribution in [3.8, 4) is 11.6 Å². The van der Waals surface area contributed by atoms with E-state index in [1.54, 1.807) is 31.5 Å². The number of pyridine rings is 1. The minimum absolute atomic E-state index is 0. The molecule has 28 heavy (non-hydrogen) atoms. The molecule has 154 valence electrons. The maximum absolute atomic E-state index is 13.2. The normalized spacial score (nSPS) is 14.9. The Morgan fingerprint density at radius 1 is 1.25 bits per heavy atom. The lowest BCUT2D eigenvalue weighted by Crippen LogP contribution is -2.53. The highest BCUT2D eigenvalue weighted by molar-refractivity contribution is 5.86. The molecule has 1 fully saturated rings. The number of ether oxygens (including phenoxy) is 2. The van der Waals surface area contributed by atoms with Crippen LogP contribution in [0.5, 0.6) is 11.6 Å². The van der Waals surface area contributed by atoms with Gasteiger partial charge in [-0.05, 0) is 43.6 Å². The van der Waals surface area contributed by atoms with E-state index in [0.717, 1.165) is 18.7 Å². The van der Waals surface area contributed by atoms with Crippen LogP contribution in [0.15, 0.2) is 42.6 Å². The molecule has 1 saturated heterocycles. The number of carbonyl (C=O) groups excluding carboxylic acids is 1. The maximum Gasteiger partial charge on any atom is 0.252 e. The molecule has 1 aliphatic rings. The van der Waals surface area contributed by atoms with Crippen molar-refractivity contribution >= 4 is 30.7 Å². The second-order valence-corrected chi connectivity index (χ2v) is 6.20. The minimum Gasteiger partial charge on any atom is -0.439 e. The molecule has 1 aromatic carbocycles. The standard InChI is InChI=1S/C19H22FN3O3.2ClH/c1-25-19(7-9-21-10-8-19)18(24)23-13-14-5-6-17(22-12-14)26-16-4-2-3-15(20)11-16;;/h2-6,11-12,21H,7-10,13H2,1H3,(H,23,24);2*1H. The molecule has 0 atom stereocenters. The third-order valence-electron chi connectivity index (χ3n) is 4.48. The summed E-state index contributed by atoms with van der Waals surface area (Å²) in [6.07, 6.45) is 2.92. The first-order chi connectivity index (χ1) is 12.6. The predicted octanol–water partition coefficient (Wildman–Crippen LogP) is 3.24. The van der Waals surface area contributed by atoms with Gasteiger partial charge in [-0.1, -0.05) is 12.1 Å². The van der Waals surface area contributed by atoms with E-state index in [9.17, 15) is 9.18 Å². The highest BCUT2D eigenvalue weighted by Gasteiger charge is 2.39. The van der Waals surface area contributed by atoms with Crippen molar-refractivity contribution in [1.29, 1.82) is 0 Å².